The van der Waals surface area contributed by atoms with Gasteiger partial charge in [0.1, 0.15) is 11.7 Å². The van der Waals surface area contributed by atoms with E-state index in [0.29, 0.717) is 6.54 Å². The van der Waals surface area contributed by atoms with Crippen LogP contribution in [-0.2, 0) is 14.3 Å². The number of nitrogens with zero attached hydrogens (tertiary/aromatic N) is 1. The van der Waals surface area contributed by atoms with Crippen LogP contribution in [0.5, 0.6) is 0 Å². The van der Waals surface area contributed by atoms with Crippen molar-refractivity contribution in [3.8, 4) is 0 Å². The maximum Gasteiger partial charge on any atom is 0.340 e. The van der Waals surface area contributed by atoms with Crippen molar-refractivity contribution in [2.24, 2.45) is 11.8 Å². The first-order chi connectivity index (χ1) is 11.9. The van der Waals surface area contributed by atoms with E-state index in [1.807, 2.05) is 4.90 Å². The van der Waals surface area contributed by atoms with Crippen molar-refractivity contribution in [1.29, 1.82) is 0 Å². The van der Waals surface area contributed by atoms with Crippen LogP contribution in [0.1, 0.15) is 52.4 Å². The molecule has 0 radical (unpaired) electrons. The Bertz CT molecular complexity index is 522. The van der Waals surface area contributed by atoms with Gasteiger partial charge < -0.3 is 14.7 Å². The number of carbonyl (C=O) groups is 2. The van der Waals surface area contributed by atoms with Crippen molar-refractivity contribution in [3.05, 3.63) is 11.8 Å². The van der Waals surface area contributed by atoms with E-state index >= 15 is 0 Å². The molecule has 1 fully saturated rings. The molecule has 0 saturated heterocycles. The average molecular weight is 355 g/mol. The summed E-state index contributed by atoms with van der Waals surface area (Å²) in [6.45, 7) is 4.62. The van der Waals surface area contributed by atoms with E-state index in [1.54, 1.807) is 6.92 Å². The minimum atomic E-state index is -1.23. The van der Waals surface area contributed by atoms with Gasteiger partial charge in [0.15, 0.2) is 5.78 Å². The highest BCUT2D eigenvalue weighted by Gasteiger charge is 2.51. The molecule has 1 aliphatic heterocycles. The highest BCUT2D eigenvalue weighted by Crippen LogP contribution is 2.40. The lowest BCUT2D eigenvalue weighted by Gasteiger charge is -2.49. The van der Waals surface area contributed by atoms with Crippen LogP contribution in [0.4, 0.5) is 4.39 Å². The zero-order valence-corrected chi connectivity index (χ0v) is 15.4. The van der Waals surface area contributed by atoms with Gasteiger partial charge in [0, 0.05) is 31.7 Å². The van der Waals surface area contributed by atoms with Crippen molar-refractivity contribution in [2.45, 2.75) is 70.7 Å². The second kappa shape index (κ2) is 8.79. The number of ketones is 1. The maximum atomic E-state index is 14.4. The molecule has 1 heterocycles. The van der Waals surface area contributed by atoms with E-state index in [9.17, 15) is 19.1 Å². The molecule has 5 atom stereocenters. The molecule has 0 bridgehead atoms. The highest BCUT2D eigenvalue weighted by atomic mass is 19.1. The van der Waals surface area contributed by atoms with Crippen LogP contribution in [0.3, 0.4) is 0 Å². The van der Waals surface area contributed by atoms with Crippen molar-refractivity contribution in [2.75, 3.05) is 13.7 Å². The minimum Gasteiger partial charge on any atom is -0.478 e. The van der Waals surface area contributed by atoms with Gasteiger partial charge in [0.05, 0.1) is 12.1 Å². The second-order valence-corrected chi connectivity index (χ2v) is 7.27. The number of alkyl halides is 1. The number of aliphatic carboxylic acids is 1. The van der Waals surface area contributed by atoms with Crippen molar-refractivity contribution in [1.82, 2.24) is 4.90 Å². The van der Waals surface area contributed by atoms with Gasteiger partial charge in [-0.15, -0.1) is 0 Å². The molecular weight excluding hydrogens is 325 g/mol. The lowest BCUT2D eigenvalue weighted by atomic mass is 9.70. The number of unbranched alkanes of at least 4 members (excludes halogenated alkanes) is 4. The standard InChI is InChI=1S/C19H30FNO4/c1-4-5-6-7-8-9-21-11-14(19(23)24)17(22)13-10-15(20)12(2)18(25-3)16(13)21/h11-13,15-16,18H,4-10H2,1-3H3,(H,23,24). The van der Waals surface area contributed by atoms with E-state index in [2.05, 4.69) is 6.92 Å². The number of hydrogen-bond donors (Lipinski definition) is 1. The summed E-state index contributed by atoms with van der Waals surface area (Å²) in [5, 5.41) is 9.36. The van der Waals surface area contributed by atoms with Crippen LogP contribution < -0.4 is 0 Å². The maximum absolute atomic E-state index is 14.4. The largest absolute Gasteiger partial charge is 0.478 e. The number of carbonyl (C=O) groups excluding carboxylic acids is 1. The molecular formula is C19H30FNO4. The number of rotatable bonds is 8. The molecule has 142 valence electrons. The topological polar surface area (TPSA) is 66.8 Å². The van der Waals surface area contributed by atoms with Crippen molar-refractivity contribution in [3.63, 3.8) is 0 Å². The summed E-state index contributed by atoms with van der Waals surface area (Å²) in [7, 11) is 1.54. The Hall–Kier alpha value is -1.43. The first-order valence-electron chi connectivity index (χ1n) is 9.34. The average Bonchev–Trinajstić information content (AvgIpc) is 2.58. The van der Waals surface area contributed by atoms with Crippen LogP contribution in [0.25, 0.3) is 0 Å². The molecule has 5 unspecified atom stereocenters. The van der Waals surface area contributed by atoms with Crippen LogP contribution in [0.15, 0.2) is 11.8 Å². The predicted molar refractivity (Wildman–Crippen MR) is 92.9 cm³/mol. The highest BCUT2D eigenvalue weighted by molar-refractivity contribution is 6.18. The number of halogens is 1. The lowest BCUT2D eigenvalue weighted by Crippen LogP contribution is -2.60. The summed E-state index contributed by atoms with van der Waals surface area (Å²) in [4.78, 5) is 26.0. The molecule has 0 amide bonds. The SMILES string of the molecule is CCCCCCCN1C=C(C(=O)O)C(=O)C2CC(F)C(C)C(OC)C21. The van der Waals surface area contributed by atoms with E-state index in [1.165, 1.54) is 19.7 Å². The van der Waals surface area contributed by atoms with E-state index < -0.39 is 29.9 Å². The Kier molecular flexibility index (Phi) is 6.99. The molecule has 2 aliphatic rings. The summed E-state index contributed by atoms with van der Waals surface area (Å²) >= 11 is 0. The Labute approximate surface area is 149 Å². The van der Waals surface area contributed by atoms with Crippen molar-refractivity contribution >= 4 is 11.8 Å². The van der Waals surface area contributed by atoms with Gasteiger partial charge in [-0.1, -0.05) is 39.5 Å². The summed E-state index contributed by atoms with van der Waals surface area (Å²) in [5.41, 5.74) is -0.230. The van der Waals surface area contributed by atoms with Gasteiger partial charge in [-0.05, 0) is 12.8 Å². The van der Waals surface area contributed by atoms with Gasteiger partial charge in [0.25, 0.3) is 0 Å². The van der Waals surface area contributed by atoms with Crippen molar-refractivity contribution < 1.29 is 23.8 Å². The fraction of sp³-hybridized carbons (Fsp3) is 0.789. The fourth-order valence-electron chi connectivity index (χ4n) is 4.17. The number of carboxylic acids is 1. The number of methoxy groups -OCH3 is 1. The molecule has 6 heteroatoms. The van der Waals surface area contributed by atoms with Crippen LogP contribution >= 0.6 is 0 Å². The normalized spacial score (nSPS) is 32.3. The monoisotopic (exact) mass is 355 g/mol. The smallest absolute Gasteiger partial charge is 0.340 e. The summed E-state index contributed by atoms with van der Waals surface area (Å²) in [5.74, 6) is -2.66. The first kappa shape index (κ1) is 19.9. The Morgan fingerprint density at radius 3 is 2.64 bits per heavy atom. The van der Waals surface area contributed by atoms with Gasteiger partial charge in [0.2, 0.25) is 0 Å². The molecule has 5 nitrogen and oxygen atoms in total. The van der Waals surface area contributed by atoms with Crippen LogP contribution in [0, 0.1) is 11.8 Å². The summed E-state index contributed by atoms with van der Waals surface area (Å²) < 4.78 is 19.9. The number of ether oxygens (including phenoxy) is 1. The van der Waals surface area contributed by atoms with E-state index in [-0.39, 0.29) is 24.0 Å². The number of carboxylic acid groups (broad SMARTS) is 1. The predicted octanol–water partition coefficient (Wildman–Crippen LogP) is 3.19. The Morgan fingerprint density at radius 1 is 1.36 bits per heavy atom. The molecule has 0 aromatic rings. The van der Waals surface area contributed by atoms with E-state index in [0.717, 1.165) is 25.7 Å². The molecule has 1 saturated carbocycles. The van der Waals surface area contributed by atoms with Gasteiger partial charge >= 0.3 is 5.97 Å². The van der Waals surface area contributed by atoms with Gasteiger partial charge in [-0.3, -0.25) is 4.79 Å². The summed E-state index contributed by atoms with van der Waals surface area (Å²) in [6.07, 6.45) is 5.42. The Balaban J connectivity index is 2.22. The number of fused-ring (bicyclic) bond motifs is 1. The molecule has 0 aromatic carbocycles. The quantitative estimate of drug-likeness (QED) is 0.535. The first-order valence-corrected chi connectivity index (χ1v) is 9.34. The second-order valence-electron chi connectivity index (χ2n) is 7.27. The number of Topliss-reactive ketones (excluding diaryl/α,β-unsaturated/α-hetero) is 1. The lowest BCUT2D eigenvalue weighted by molar-refractivity contribution is -0.142. The zero-order valence-electron chi connectivity index (χ0n) is 15.4. The van der Waals surface area contributed by atoms with E-state index in [4.69, 9.17) is 4.74 Å². The molecule has 0 spiro atoms. The third-order valence-corrected chi connectivity index (χ3v) is 5.62. The molecule has 2 rings (SSSR count). The van der Waals surface area contributed by atoms with Crippen LogP contribution in [0.2, 0.25) is 0 Å². The summed E-state index contributed by atoms with van der Waals surface area (Å²) in [6, 6.07) is -0.284. The van der Waals surface area contributed by atoms with Gasteiger partial charge in [-0.2, -0.15) is 0 Å². The molecule has 1 aliphatic carbocycles. The third-order valence-electron chi connectivity index (χ3n) is 5.62. The zero-order chi connectivity index (χ0) is 18.6. The molecule has 25 heavy (non-hydrogen) atoms. The molecule has 1 N–H and O–H groups in total. The Morgan fingerprint density at radius 2 is 2.04 bits per heavy atom. The number of hydrogen-bond acceptors (Lipinski definition) is 4. The van der Waals surface area contributed by atoms with Gasteiger partial charge in [-0.25, -0.2) is 9.18 Å². The third kappa shape index (κ3) is 4.22. The minimum absolute atomic E-state index is 0.0709. The molecule has 0 aromatic heterocycles. The van der Waals surface area contributed by atoms with Crippen LogP contribution in [-0.4, -0.2) is 53.7 Å². The fourth-order valence-corrected chi connectivity index (χ4v) is 4.17.